The highest BCUT2D eigenvalue weighted by Crippen LogP contribution is 2.26. The Balaban J connectivity index is 1.73. The lowest BCUT2D eigenvalue weighted by atomic mass is 10.0. The van der Waals surface area contributed by atoms with E-state index in [2.05, 4.69) is 4.72 Å². The Bertz CT molecular complexity index is 1050. The molecule has 8 heteroatoms. The number of nitrogens with one attached hydrogen (secondary N) is 1. The lowest BCUT2D eigenvalue weighted by molar-refractivity contribution is -0.146. The zero-order valence-electron chi connectivity index (χ0n) is 15.1. The van der Waals surface area contributed by atoms with E-state index in [1.54, 1.807) is 0 Å². The number of carbonyl (C=O) groups excluding carboxylic acids is 1. The van der Waals surface area contributed by atoms with Gasteiger partial charge in [-0.3, -0.25) is 4.79 Å². The predicted octanol–water partition coefficient (Wildman–Crippen LogP) is 4.60. The molecule has 0 aliphatic carbocycles. The smallest absolute Gasteiger partial charge is 0.321 e. The fourth-order valence-corrected chi connectivity index (χ4v) is 4.00. The fraction of sp³-hybridized carbons (Fsp3) is 0.0952. The second kappa shape index (κ2) is 9.41. The molecular formula is C21H17Cl2NO4S. The van der Waals surface area contributed by atoms with Gasteiger partial charge in [0.2, 0.25) is 10.0 Å². The van der Waals surface area contributed by atoms with E-state index in [0.29, 0.717) is 0 Å². The van der Waals surface area contributed by atoms with Crippen molar-refractivity contribution in [1.29, 1.82) is 0 Å². The molecule has 0 saturated heterocycles. The number of esters is 1. The van der Waals surface area contributed by atoms with Crippen LogP contribution in [0, 0.1) is 0 Å². The standard InChI is InChI=1S/C21H17Cl2NO4S/c22-18-12-11-17(13-19(18)23)29(26,27)24-14-20(25)28-21(15-7-3-1-4-8-15)16-9-5-2-6-10-16/h1-13,21,24H,14H2. The van der Waals surface area contributed by atoms with Gasteiger partial charge >= 0.3 is 5.97 Å². The third-order valence-electron chi connectivity index (χ3n) is 4.06. The molecule has 0 spiro atoms. The third kappa shape index (κ3) is 5.58. The van der Waals surface area contributed by atoms with E-state index in [4.69, 9.17) is 27.9 Å². The fourth-order valence-electron chi connectivity index (χ4n) is 2.64. The van der Waals surface area contributed by atoms with Crippen LogP contribution in [0.15, 0.2) is 83.8 Å². The van der Waals surface area contributed by atoms with Crippen LogP contribution < -0.4 is 4.72 Å². The molecule has 3 rings (SSSR count). The molecule has 5 nitrogen and oxygen atoms in total. The van der Waals surface area contributed by atoms with Gasteiger partial charge in [0.1, 0.15) is 6.54 Å². The van der Waals surface area contributed by atoms with Gasteiger partial charge < -0.3 is 4.74 Å². The Kier molecular flexibility index (Phi) is 6.92. The van der Waals surface area contributed by atoms with Crippen LogP contribution in [0.3, 0.4) is 0 Å². The minimum atomic E-state index is -3.95. The predicted molar refractivity (Wildman–Crippen MR) is 112 cm³/mol. The minimum absolute atomic E-state index is 0.0950. The molecule has 0 radical (unpaired) electrons. The van der Waals surface area contributed by atoms with Crippen molar-refractivity contribution in [2.45, 2.75) is 11.0 Å². The molecule has 0 aromatic heterocycles. The summed E-state index contributed by atoms with van der Waals surface area (Å²) in [5.74, 6) is -0.716. The highest BCUT2D eigenvalue weighted by Gasteiger charge is 2.21. The maximum Gasteiger partial charge on any atom is 0.321 e. The van der Waals surface area contributed by atoms with E-state index >= 15 is 0 Å². The molecule has 0 atom stereocenters. The van der Waals surface area contributed by atoms with Crippen LogP contribution in [0.5, 0.6) is 0 Å². The molecule has 3 aromatic carbocycles. The molecule has 0 amide bonds. The molecule has 0 unspecified atom stereocenters. The van der Waals surface area contributed by atoms with Crippen molar-refractivity contribution >= 4 is 39.2 Å². The van der Waals surface area contributed by atoms with Crippen molar-refractivity contribution in [3.05, 3.63) is 100 Å². The number of carbonyl (C=O) groups is 1. The summed E-state index contributed by atoms with van der Waals surface area (Å²) in [6.07, 6.45) is -0.653. The number of rotatable bonds is 7. The van der Waals surface area contributed by atoms with E-state index in [1.165, 1.54) is 18.2 Å². The first-order valence-electron chi connectivity index (χ1n) is 8.61. The monoisotopic (exact) mass is 449 g/mol. The number of halogens is 2. The van der Waals surface area contributed by atoms with Gasteiger partial charge in [-0.1, -0.05) is 83.9 Å². The van der Waals surface area contributed by atoms with E-state index in [0.717, 1.165) is 11.1 Å². The number of hydrogen-bond donors (Lipinski definition) is 1. The Morgan fingerprint density at radius 3 is 1.93 bits per heavy atom. The van der Waals surface area contributed by atoms with E-state index in [1.807, 2.05) is 60.7 Å². The summed E-state index contributed by atoms with van der Waals surface area (Å²) in [6, 6.07) is 22.3. The van der Waals surface area contributed by atoms with Crippen LogP contribution in [-0.2, 0) is 19.6 Å². The van der Waals surface area contributed by atoms with Crippen molar-refractivity contribution in [2.75, 3.05) is 6.54 Å². The van der Waals surface area contributed by atoms with Crippen LogP contribution >= 0.6 is 23.2 Å². The Hall–Kier alpha value is -2.38. The second-order valence-electron chi connectivity index (χ2n) is 6.09. The van der Waals surface area contributed by atoms with Gasteiger partial charge in [-0.15, -0.1) is 0 Å². The average Bonchev–Trinajstić information content (AvgIpc) is 2.74. The largest absolute Gasteiger partial charge is 0.452 e. The highest BCUT2D eigenvalue weighted by molar-refractivity contribution is 7.89. The second-order valence-corrected chi connectivity index (χ2v) is 8.67. The van der Waals surface area contributed by atoms with Crippen molar-refractivity contribution in [1.82, 2.24) is 4.72 Å². The number of hydrogen-bond acceptors (Lipinski definition) is 4. The molecule has 0 heterocycles. The number of benzene rings is 3. The van der Waals surface area contributed by atoms with Crippen molar-refractivity contribution in [3.63, 3.8) is 0 Å². The molecule has 0 saturated carbocycles. The Morgan fingerprint density at radius 1 is 0.862 bits per heavy atom. The van der Waals surface area contributed by atoms with Gasteiger partial charge in [-0.2, -0.15) is 4.72 Å². The number of ether oxygens (including phenoxy) is 1. The molecule has 29 heavy (non-hydrogen) atoms. The van der Waals surface area contributed by atoms with Gasteiger partial charge in [0.15, 0.2) is 6.10 Å². The van der Waals surface area contributed by atoms with E-state index in [9.17, 15) is 13.2 Å². The zero-order valence-corrected chi connectivity index (χ0v) is 17.4. The zero-order chi connectivity index (χ0) is 20.9. The van der Waals surface area contributed by atoms with Crippen molar-refractivity contribution in [2.24, 2.45) is 0 Å². The molecule has 1 N–H and O–H groups in total. The maximum atomic E-state index is 12.4. The molecule has 3 aromatic rings. The first-order valence-corrected chi connectivity index (χ1v) is 10.8. The third-order valence-corrected chi connectivity index (χ3v) is 6.20. The summed E-state index contributed by atoms with van der Waals surface area (Å²) >= 11 is 11.7. The van der Waals surface area contributed by atoms with Gasteiger partial charge in [-0.25, -0.2) is 8.42 Å². The lowest BCUT2D eigenvalue weighted by Crippen LogP contribution is -2.31. The number of sulfonamides is 1. The summed E-state index contributed by atoms with van der Waals surface area (Å²) in [4.78, 5) is 12.3. The first kappa shape index (κ1) is 21.3. The normalized spacial score (nSPS) is 11.4. The van der Waals surface area contributed by atoms with Crippen LogP contribution in [-0.4, -0.2) is 20.9 Å². The minimum Gasteiger partial charge on any atom is -0.452 e. The summed E-state index contributed by atoms with van der Waals surface area (Å²) in [5, 5.41) is 0.337. The topological polar surface area (TPSA) is 72.5 Å². The van der Waals surface area contributed by atoms with Crippen molar-refractivity contribution < 1.29 is 17.9 Å². The quantitative estimate of drug-likeness (QED) is 0.534. The first-order chi connectivity index (χ1) is 13.9. The van der Waals surface area contributed by atoms with Gasteiger partial charge in [-0.05, 0) is 29.3 Å². The average molecular weight is 450 g/mol. The maximum absolute atomic E-state index is 12.4. The molecular weight excluding hydrogens is 433 g/mol. The van der Waals surface area contributed by atoms with Gasteiger partial charge in [0.05, 0.1) is 14.9 Å². The van der Waals surface area contributed by atoms with E-state index < -0.39 is 28.6 Å². The van der Waals surface area contributed by atoms with Gasteiger partial charge in [0, 0.05) is 0 Å². The molecule has 0 fully saturated rings. The van der Waals surface area contributed by atoms with Crippen molar-refractivity contribution in [3.8, 4) is 0 Å². The summed E-state index contributed by atoms with van der Waals surface area (Å²) in [6.45, 7) is -0.529. The van der Waals surface area contributed by atoms with Crippen LogP contribution in [0.4, 0.5) is 0 Å². The van der Waals surface area contributed by atoms with Crippen LogP contribution in [0.1, 0.15) is 17.2 Å². The van der Waals surface area contributed by atoms with Gasteiger partial charge in [0.25, 0.3) is 0 Å². The summed E-state index contributed by atoms with van der Waals surface area (Å²) in [5.41, 5.74) is 1.55. The molecule has 150 valence electrons. The highest BCUT2D eigenvalue weighted by atomic mass is 35.5. The van der Waals surface area contributed by atoms with Crippen LogP contribution in [0.2, 0.25) is 10.0 Å². The molecule has 0 aliphatic heterocycles. The summed E-state index contributed by atoms with van der Waals surface area (Å²) < 4.78 is 32.6. The Morgan fingerprint density at radius 2 is 1.41 bits per heavy atom. The summed E-state index contributed by atoms with van der Waals surface area (Å²) in [7, 11) is -3.95. The van der Waals surface area contributed by atoms with Crippen LogP contribution in [0.25, 0.3) is 0 Å². The SMILES string of the molecule is O=C(CNS(=O)(=O)c1ccc(Cl)c(Cl)c1)OC(c1ccccc1)c1ccccc1. The Labute approximate surface area is 179 Å². The molecule has 0 bridgehead atoms. The van der Waals surface area contributed by atoms with E-state index in [-0.39, 0.29) is 14.9 Å². The lowest BCUT2D eigenvalue weighted by Gasteiger charge is -2.19. The molecule has 0 aliphatic rings.